The molecule has 0 atom stereocenters. The molecule has 0 fully saturated rings. The van der Waals surface area contributed by atoms with E-state index in [4.69, 9.17) is 28.5 Å². The summed E-state index contributed by atoms with van der Waals surface area (Å²) in [6.45, 7) is 5.42. The van der Waals surface area contributed by atoms with Crippen LogP contribution in [0.2, 0.25) is 10.0 Å². The first kappa shape index (κ1) is 17.3. The number of pyridine rings is 1. The predicted molar refractivity (Wildman–Crippen MR) is 90.6 cm³/mol. The van der Waals surface area contributed by atoms with Crippen molar-refractivity contribution in [1.82, 2.24) is 10.3 Å². The van der Waals surface area contributed by atoms with Crippen LogP contribution in [0.25, 0.3) is 0 Å². The monoisotopic (exact) mass is 347 g/mol. The van der Waals surface area contributed by atoms with Gasteiger partial charge >= 0.3 is 0 Å². The first-order valence-electron chi connectivity index (χ1n) is 6.90. The summed E-state index contributed by atoms with van der Waals surface area (Å²) >= 11 is 12.0. The van der Waals surface area contributed by atoms with Crippen molar-refractivity contribution in [3.63, 3.8) is 0 Å². The highest BCUT2D eigenvalue weighted by Gasteiger charge is 2.25. The Morgan fingerprint density at radius 3 is 2.48 bits per heavy atom. The van der Waals surface area contributed by atoms with Gasteiger partial charge in [-0.3, -0.25) is 4.79 Å². The maximum absolute atomic E-state index is 12.4. The number of hydrogen-bond donors (Lipinski definition) is 1. The molecule has 23 heavy (non-hydrogen) atoms. The molecule has 0 aliphatic heterocycles. The van der Waals surface area contributed by atoms with Gasteiger partial charge in [-0.2, -0.15) is 5.26 Å². The van der Waals surface area contributed by atoms with Crippen LogP contribution in [-0.2, 0) is 5.54 Å². The largest absolute Gasteiger partial charge is 0.342 e. The quantitative estimate of drug-likeness (QED) is 0.903. The van der Waals surface area contributed by atoms with Gasteiger partial charge in [-0.1, -0.05) is 29.3 Å². The van der Waals surface area contributed by atoms with Crippen LogP contribution in [0.4, 0.5) is 0 Å². The predicted octanol–water partition coefficient (Wildman–Crippen LogP) is 4.23. The summed E-state index contributed by atoms with van der Waals surface area (Å²) in [5, 5.41) is 12.7. The van der Waals surface area contributed by atoms with Gasteiger partial charge in [0.05, 0.1) is 26.8 Å². The Labute approximate surface area is 145 Å². The highest BCUT2D eigenvalue weighted by atomic mass is 35.5. The van der Waals surface area contributed by atoms with Gasteiger partial charge in [0.15, 0.2) is 0 Å². The Hall–Kier alpha value is -2.09. The molecule has 0 aliphatic rings. The molecule has 1 aromatic carbocycles. The molecule has 1 aromatic heterocycles. The number of nitrogens with zero attached hydrogens (tertiary/aromatic N) is 2. The number of rotatable bonds is 3. The minimum Gasteiger partial charge on any atom is -0.342 e. The molecule has 0 aliphatic carbocycles. The second-order valence-corrected chi connectivity index (χ2v) is 6.46. The number of nitrogens with one attached hydrogen (secondary N) is 1. The van der Waals surface area contributed by atoms with Crippen molar-refractivity contribution in [3.05, 3.63) is 62.9 Å². The summed E-state index contributed by atoms with van der Waals surface area (Å²) in [7, 11) is 0. The zero-order valence-corrected chi connectivity index (χ0v) is 14.5. The zero-order chi connectivity index (χ0) is 17.2. The SMILES string of the molecule is Cc1nc(C(=O)NC(C)(C)c2ccc(Cl)c(Cl)c2)ccc1C#N. The molecular weight excluding hydrogens is 333 g/mol. The standard InChI is InChI=1S/C17H15Cl2N3O/c1-10-11(9-20)4-7-15(21-10)16(23)22-17(2,3)12-5-6-13(18)14(19)8-12/h4-8H,1-3H3,(H,22,23). The van der Waals surface area contributed by atoms with Crippen LogP contribution in [-0.4, -0.2) is 10.9 Å². The molecule has 0 spiro atoms. The van der Waals surface area contributed by atoms with Crippen LogP contribution >= 0.6 is 23.2 Å². The molecule has 1 amide bonds. The molecule has 118 valence electrons. The van der Waals surface area contributed by atoms with Gasteiger partial charge in [0.1, 0.15) is 11.8 Å². The first-order chi connectivity index (χ1) is 10.7. The maximum Gasteiger partial charge on any atom is 0.270 e. The highest BCUT2D eigenvalue weighted by Crippen LogP contribution is 2.28. The van der Waals surface area contributed by atoms with Crippen molar-refractivity contribution in [2.45, 2.75) is 26.3 Å². The van der Waals surface area contributed by atoms with Gasteiger partial charge < -0.3 is 5.32 Å². The Bertz CT molecular complexity index is 810. The van der Waals surface area contributed by atoms with Gasteiger partial charge in [0, 0.05) is 0 Å². The van der Waals surface area contributed by atoms with E-state index in [-0.39, 0.29) is 11.6 Å². The Kier molecular flexibility index (Phi) is 4.93. The third-order valence-corrected chi connectivity index (χ3v) is 4.25. The fraction of sp³-hybridized carbons (Fsp3) is 0.235. The second kappa shape index (κ2) is 6.57. The van der Waals surface area contributed by atoms with Crippen LogP contribution in [0.5, 0.6) is 0 Å². The number of nitriles is 1. The molecule has 0 saturated heterocycles. The van der Waals surface area contributed by atoms with Crippen LogP contribution < -0.4 is 5.32 Å². The molecular formula is C17H15Cl2N3O. The third-order valence-electron chi connectivity index (χ3n) is 3.51. The van der Waals surface area contributed by atoms with E-state index >= 15 is 0 Å². The van der Waals surface area contributed by atoms with Crippen LogP contribution in [0.3, 0.4) is 0 Å². The summed E-state index contributed by atoms with van der Waals surface area (Å²) in [6.07, 6.45) is 0. The number of aromatic nitrogens is 1. The Morgan fingerprint density at radius 1 is 1.22 bits per heavy atom. The lowest BCUT2D eigenvalue weighted by Gasteiger charge is -2.27. The number of carbonyl (C=O) groups is 1. The smallest absolute Gasteiger partial charge is 0.270 e. The van der Waals surface area contributed by atoms with Crippen molar-refractivity contribution in [1.29, 1.82) is 5.26 Å². The molecule has 1 N–H and O–H groups in total. The molecule has 0 unspecified atom stereocenters. The van der Waals surface area contributed by atoms with Crippen molar-refractivity contribution in [3.8, 4) is 6.07 Å². The topological polar surface area (TPSA) is 65.8 Å². The van der Waals surface area contributed by atoms with Crippen molar-refractivity contribution in [2.75, 3.05) is 0 Å². The maximum atomic E-state index is 12.4. The van der Waals surface area contributed by atoms with Crippen LogP contribution in [0.1, 0.15) is 41.2 Å². The molecule has 2 rings (SSSR count). The first-order valence-corrected chi connectivity index (χ1v) is 7.66. The summed E-state index contributed by atoms with van der Waals surface area (Å²) < 4.78 is 0. The summed E-state index contributed by atoms with van der Waals surface area (Å²) in [6, 6.07) is 10.4. The summed E-state index contributed by atoms with van der Waals surface area (Å²) in [4.78, 5) is 16.6. The number of aryl methyl sites for hydroxylation is 1. The van der Waals surface area contributed by atoms with Crippen molar-refractivity contribution >= 4 is 29.1 Å². The minimum atomic E-state index is -0.658. The van der Waals surface area contributed by atoms with Gasteiger partial charge in [-0.25, -0.2) is 4.98 Å². The minimum absolute atomic E-state index is 0.259. The number of halogens is 2. The third kappa shape index (κ3) is 3.82. The van der Waals surface area contributed by atoms with E-state index in [1.54, 1.807) is 25.1 Å². The number of amides is 1. The second-order valence-electron chi connectivity index (χ2n) is 5.65. The van der Waals surface area contributed by atoms with E-state index in [2.05, 4.69) is 10.3 Å². The molecule has 0 radical (unpaired) electrons. The van der Waals surface area contributed by atoms with E-state index in [1.165, 1.54) is 6.07 Å². The average molecular weight is 348 g/mol. The van der Waals surface area contributed by atoms with E-state index < -0.39 is 5.54 Å². The van der Waals surface area contributed by atoms with E-state index in [9.17, 15) is 4.79 Å². The summed E-state index contributed by atoms with van der Waals surface area (Å²) in [5.74, 6) is -0.325. The molecule has 4 nitrogen and oxygen atoms in total. The van der Waals surface area contributed by atoms with Gasteiger partial charge in [-0.05, 0) is 50.6 Å². The molecule has 6 heteroatoms. The van der Waals surface area contributed by atoms with E-state index in [0.29, 0.717) is 21.3 Å². The van der Waals surface area contributed by atoms with Gasteiger partial charge in [-0.15, -0.1) is 0 Å². The normalized spacial score (nSPS) is 11.0. The van der Waals surface area contributed by atoms with Crippen LogP contribution in [0.15, 0.2) is 30.3 Å². The van der Waals surface area contributed by atoms with Crippen molar-refractivity contribution in [2.24, 2.45) is 0 Å². The molecule has 2 aromatic rings. The van der Waals surface area contributed by atoms with E-state index in [1.807, 2.05) is 26.0 Å². The number of carbonyl (C=O) groups excluding carboxylic acids is 1. The number of hydrogen-bond acceptors (Lipinski definition) is 3. The van der Waals surface area contributed by atoms with Gasteiger partial charge in [0.2, 0.25) is 0 Å². The number of benzene rings is 1. The highest BCUT2D eigenvalue weighted by molar-refractivity contribution is 6.42. The average Bonchev–Trinajstić information content (AvgIpc) is 2.49. The Morgan fingerprint density at radius 2 is 1.91 bits per heavy atom. The van der Waals surface area contributed by atoms with Gasteiger partial charge in [0.25, 0.3) is 5.91 Å². The molecule has 1 heterocycles. The van der Waals surface area contributed by atoms with Crippen LogP contribution in [0, 0.1) is 18.3 Å². The molecule has 0 bridgehead atoms. The fourth-order valence-electron chi connectivity index (χ4n) is 2.11. The van der Waals surface area contributed by atoms with Crippen molar-refractivity contribution < 1.29 is 4.79 Å². The molecule has 0 saturated carbocycles. The lowest BCUT2D eigenvalue weighted by atomic mass is 9.94. The lowest BCUT2D eigenvalue weighted by Crippen LogP contribution is -2.41. The fourth-order valence-corrected chi connectivity index (χ4v) is 2.41. The summed E-state index contributed by atoms with van der Waals surface area (Å²) in [5.41, 5.74) is 1.40. The van der Waals surface area contributed by atoms with E-state index in [0.717, 1.165) is 5.56 Å². The Balaban J connectivity index is 2.26. The lowest BCUT2D eigenvalue weighted by molar-refractivity contribution is 0.0906. The zero-order valence-electron chi connectivity index (χ0n) is 12.9.